The smallest absolute Gasteiger partial charge is 0.407 e. The minimum atomic E-state index is -0.346. The molecule has 5 heteroatoms. The van der Waals surface area contributed by atoms with Gasteiger partial charge in [0, 0.05) is 19.1 Å². The van der Waals surface area contributed by atoms with E-state index in [-0.39, 0.29) is 18.0 Å². The highest BCUT2D eigenvalue weighted by Gasteiger charge is 2.21. The van der Waals surface area contributed by atoms with Gasteiger partial charge in [-0.15, -0.1) is 0 Å². The third-order valence-corrected chi connectivity index (χ3v) is 3.42. The molecule has 1 saturated heterocycles. The largest absolute Gasteiger partial charge is 0.450 e. The van der Waals surface area contributed by atoms with E-state index in [2.05, 4.69) is 10.2 Å². The van der Waals surface area contributed by atoms with Gasteiger partial charge in [0.15, 0.2) is 0 Å². The number of hydrogen-bond donors (Lipinski definition) is 1. The Labute approximate surface area is 118 Å². The number of nitrogens with zero attached hydrogens (tertiary/aromatic N) is 1. The number of likely N-dealkylation sites (tertiary alicyclic amines) is 1. The normalized spacial score (nSPS) is 19.6. The van der Waals surface area contributed by atoms with E-state index in [1.54, 1.807) is 19.1 Å². The molecule has 1 aliphatic heterocycles. The van der Waals surface area contributed by atoms with Gasteiger partial charge in [0.25, 0.3) is 0 Å². The van der Waals surface area contributed by atoms with E-state index >= 15 is 0 Å². The summed E-state index contributed by atoms with van der Waals surface area (Å²) in [6, 6.07) is 6.69. The first-order valence-electron chi connectivity index (χ1n) is 7.07. The lowest BCUT2D eigenvalue weighted by atomic mass is 10.0. The van der Waals surface area contributed by atoms with Crippen LogP contribution in [0.2, 0.25) is 0 Å². The van der Waals surface area contributed by atoms with Gasteiger partial charge in [0.1, 0.15) is 5.82 Å². The molecular weight excluding hydrogens is 259 g/mol. The van der Waals surface area contributed by atoms with Gasteiger partial charge in [-0.3, -0.25) is 4.90 Å². The highest BCUT2D eigenvalue weighted by molar-refractivity contribution is 5.67. The molecule has 0 spiro atoms. The van der Waals surface area contributed by atoms with Crippen molar-refractivity contribution in [1.82, 2.24) is 10.2 Å². The van der Waals surface area contributed by atoms with Crippen LogP contribution in [-0.4, -0.2) is 36.7 Å². The zero-order valence-electron chi connectivity index (χ0n) is 11.8. The van der Waals surface area contributed by atoms with Crippen molar-refractivity contribution in [2.75, 3.05) is 19.7 Å². The second kappa shape index (κ2) is 7.24. The predicted octanol–water partition coefficient (Wildman–Crippen LogP) is 2.54. The molecule has 1 unspecified atom stereocenters. The first-order chi connectivity index (χ1) is 9.67. The van der Waals surface area contributed by atoms with Crippen LogP contribution in [0.5, 0.6) is 0 Å². The van der Waals surface area contributed by atoms with Crippen LogP contribution >= 0.6 is 0 Å². The van der Waals surface area contributed by atoms with E-state index in [1.807, 2.05) is 0 Å². The van der Waals surface area contributed by atoms with Crippen molar-refractivity contribution in [3.05, 3.63) is 35.6 Å². The van der Waals surface area contributed by atoms with Crippen molar-refractivity contribution >= 4 is 6.09 Å². The van der Waals surface area contributed by atoms with Crippen LogP contribution in [0.15, 0.2) is 24.3 Å². The molecule has 0 bridgehead atoms. The number of amides is 1. The van der Waals surface area contributed by atoms with Crippen LogP contribution in [0, 0.1) is 5.82 Å². The quantitative estimate of drug-likeness (QED) is 0.921. The minimum Gasteiger partial charge on any atom is -0.450 e. The lowest BCUT2D eigenvalue weighted by Crippen LogP contribution is -2.47. The summed E-state index contributed by atoms with van der Waals surface area (Å²) in [7, 11) is 0. The lowest BCUT2D eigenvalue weighted by molar-refractivity contribution is 0.132. The Morgan fingerprint density at radius 3 is 2.90 bits per heavy atom. The third kappa shape index (κ3) is 4.49. The third-order valence-electron chi connectivity index (χ3n) is 3.42. The minimum absolute atomic E-state index is 0.128. The standard InChI is InChI=1S/C15H21FN2O2/c1-2-20-15(19)17-14-4-3-9-18(11-14)10-12-5-7-13(16)8-6-12/h5-8,14H,2-4,9-11H2,1H3,(H,17,19). The summed E-state index contributed by atoms with van der Waals surface area (Å²) in [5, 5.41) is 2.88. The molecule has 1 aromatic rings. The van der Waals surface area contributed by atoms with Gasteiger partial charge >= 0.3 is 6.09 Å². The summed E-state index contributed by atoms with van der Waals surface area (Å²) < 4.78 is 17.8. The fraction of sp³-hybridized carbons (Fsp3) is 0.533. The maximum absolute atomic E-state index is 12.9. The van der Waals surface area contributed by atoms with Crippen LogP contribution in [0.25, 0.3) is 0 Å². The van der Waals surface area contributed by atoms with E-state index in [0.29, 0.717) is 6.61 Å². The maximum Gasteiger partial charge on any atom is 0.407 e. The van der Waals surface area contributed by atoms with Crippen LogP contribution < -0.4 is 5.32 Å². The summed E-state index contributed by atoms with van der Waals surface area (Å²) in [6.45, 7) is 4.76. The average Bonchev–Trinajstić information content (AvgIpc) is 2.42. The van der Waals surface area contributed by atoms with Gasteiger partial charge in [-0.2, -0.15) is 0 Å². The van der Waals surface area contributed by atoms with E-state index in [1.165, 1.54) is 12.1 Å². The van der Waals surface area contributed by atoms with Crippen molar-refractivity contribution in [1.29, 1.82) is 0 Å². The first-order valence-corrected chi connectivity index (χ1v) is 7.07. The van der Waals surface area contributed by atoms with Crippen molar-refractivity contribution in [2.24, 2.45) is 0 Å². The van der Waals surface area contributed by atoms with E-state index in [4.69, 9.17) is 4.74 Å². The number of piperidine rings is 1. The van der Waals surface area contributed by atoms with Gasteiger partial charge in [-0.25, -0.2) is 9.18 Å². The second-order valence-electron chi connectivity index (χ2n) is 5.07. The highest BCUT2D eigenvalue weighted by atomic mass is 19.1. The molecule has 1 fully saturated rings. The van der Waals surface area contributed by atoms with E-state index in [0.717, 1.165) is 38.0 Å². The van der Waals surface area contributed by atoms with Crippen LogP contribution in [-0.2, 0) is 11.3 Å². The van der Waals surface area contributed by atoms with Crippen molar-refractivity contribution in [3.8, 4) is 0 Å². The Balaban J connectivity index is 1.83. The molecule has 1 aromatic carbocycles. The van der Waals surface area contributed by atoms with E-state index < -0.39 is 0 Å². The molecule has 1 N–H and O–H groups in total. The van der Waals surface area contributed by atoms with Crippen LogP contribution in [0.3, 0.4) is 0 Å². The predicted molar refractivity (Wildman–Crippen MR) is 74.9 cm³/mol. The first kappa shape index (κ1) is 14.8. The summed E-state index contributed by atoms with van der Waals surface area (Å²) in [5.41, 5.74) is 1.09. The van der Waals surface area contributed by atoms with Gasteiger partial charge < -0.3 is 10.1 Å². The summed E-state index contributed by atoms with van der Waals surface area (Å²) in [4.78, 5) is 13.7. The highest BCUT2D eigenvalue weighted by Crippen LogP contribution is 2.14. The summed E-state index contributed by atoms with van der Waals surface area (Å²) in [6.07, 6.45) is 1.66. The summed E-state index contributed by atoms with van der Waals surface area (Å²) in [5.74, 6) is -0.214. The Bertz CT molecular complexity index is 436. The number of halogens is 1. The number of rotatable bonds is 4. The molecule has 0 aliphatic carbocycles. The molecule has 110 valence electrons. The SMILES string of the molecule is CCOC(=O)NC1CCCN(Cc2ccc(F)cc2)C1. The number of hydrogen-bond acceptors (Lipinski definition) is 3. The van der Waals surface area contributed by atoms with Crippen molar-refractivity contribution in [3.63, 3.8) is 0 Å². The zero-order valence-corrected chi connectivity index (χ0v) is 11.8. The molecule has 1 heterocycles. The van der Waals surface area contributed by atoms with Crippen LogP contribution in [0.1, 0.15) is 25.3 Å². The molecule has 0 radical (unpaired) electrons. The lowest BCUT2D eigenvalue weighted by Gasteiger charge is -2.32. The number of carbonyl (C=O) groups is 1. The topological polar surface area (TPSA) is 41.6 Å². The fourth-order valence-corrected chi connectivity index (χ4v) is 2.50. The Kier molecular flexibility index (Phi) is 5.35. The second-order valence-corrected chi connectivity index (χ2v) is 5.07. The number of carbonyl (C=O) groups excluding carboxylic acids is 1. The van der Waals surface area contributed by atoms with Crippen molar-refractivity contribution < 1.29 is 13.9 Å². The Hall–Kier alpha value is -1.62. The fourth-order valence-electron chi connectivity index (χ4n) is 2.50. The average molecular weight is 280 g/mol. The molecule has 0 saturated carbocycles. The number of ether oxygens (including phenoxy) is 1. The van der Waals surface area contributed by atoms with Crippen molar-refractivity contribution in [2.45, 2.75) is 32.4 Å². The zero-order chi connectivity index (χ0) is 14.4. The monoisotopic (exact) mass is 280 g/mol. The van der Waals surface area contributed by atoms with Crippen LogP contribution in [0.4, 0.5) is 9.18 Å². The molecular formula is C15H21FN2O2. The van der Waals surface area contributed by atoms with Gasteiger partial charge in [-0.1, -0.05) is 12.1 Å². The number of alkyl carbamates (subject to hydrolysis) is 1. The Morgan fingerprint density at radius 2 is 2.20 bits per heavy atom. The summed E-state index contributed by atoms with van der Waals surface area (Å²) >= 11 is 0. The molecule has 4 nitrogen and oxygen atoms in total. The van der Waals surface area contributed by atoms with Gasteiger partial charge in [0.05, 0.1) is 6.61 Å². The molecule has 1 amide bonds. The molecule has 0 aromatic heterocycles. The maximum atomic E-state index is 12.9. The number of nitrogens with one attached hydrogen (secondary N) is 1. The Morgan fingerprint density at radius 1 is 1.45 bits per heavy atom. The van der Waals surface area contributed by atoms with Gasteiger partial charge in [-0.05, 0) is 44.0 Å². The molecule has 2 rings (SSSR count). The number of benzene rings is 1. The van der Waals surface area contributed by atoms with E-state index in [9.17, 15) is 9.18 Å². The molecule has 1 aliphatic rings. The van der Waals surface area contributed by atoms with Gasteiger partial charge in [0.2, 0.25) is 0 Å². The molecule has 20 heavy (non-hydrogen) atoms. The molecule has 1 atom stereocenters.